The predicted octanol–water partition coefficient (Wildman–Crippen LogP) is 1.37. The summed E-state index contributed by atoms with van der Waals surface area (Å²) in [5.41, 5.74) is 0.249. The van der Waals surface area contributed by atoms with Crippen LogP contribution in [0.4, 0.5) is 4.39 Å². The average molecular weight is 301 g/mol. The van der Waals surface area contributed by atoms with Crippen LogP contribution < -0.4 is 0 Å². The minimum Gasteiger partial charge on any atom is -0.387 e. The first-order valence-corrected chi connectivity index (χ1v) is 8.25. The molecule has 20 heavy (non-hydrogen) atoms. The van der Waals surface area contributed by atoms with E-state index in [1.165, 1.54) is 6.07 Å². The Balaban J connectivity index is 2.07. The molecule has 112 valence electrons. The van der Waals surface area contributed by atoms with Gasteiger partial charge in [-0.05, 0) is 19.9 Å². The minimum atomic E-state index is -3.10. The summed E-state index contributed by atoms with van der Waals surface area (Å²) >= 11 is 0. The van der Waals surface area contributed by atoms with Gasteiger partial charge in [-0.3, -0.25) is 4.90 Å². The molecule has 1 fully saturated rings. The van der Waals surface area contributed by atoms with Crippen LogP contribution in [0.25, 0.3) is 0 Å². The quantitative estimate of drug-likeness (QED) is 0.916. The maximum absolute atomic E-state index is 13.6. The van der Waals surface area contributed by atoms with Gasteiger partial charge in [0.1, 0.15) is 5.82 Å². The van der Waals surface area contributed by atoms with E-state index in [9.17, 15) is 17.9 Å². The zero-order valence-corrected chi connectivity index (χ0v) is 12.5. The normalized spacial score (nSPS) is 23.4. The van der Waals surface area contributed by atoms with Crippen molar-refractivity contribution in [3.63, 3.8) is 0 Å². The van der Waals surface area contributed by atoms with Gasteiger partial charge in [-0.1, -0.05) is 18.2 Å². The second-order valence-electron chi connectivity index (χ2n) is 5.85. The fourth-order valence-corrected chi connectivity index (χ4v) is 3.92. The van der Waals surface area contributed by atoms with Crippen LogP contribution in [-0.4, -0.2) is 48.6 Å². The Labute approximate surface area is 119 Å². The number of β-amino-alcohol motifs (C(OH)–C–C–N with tert-alkyl or cyclic N) is 1. The molecule has 2 rings (SSSR count). The molecule has 1 atom stereocenters. The molecule has 1 aromatic rings. The number of hydrogen-bond acceptors (Lipinski definition) is 4. The Morgan fingerprint density at radius 2 is 2.05 bits per heavy atom. The highest BCUT2D eigenvalue weighted by atomic mass is 32.2. The lowest BCUT2D eigenvalue weighted by Gasteiger charge is -2.38. The average Bonchev–Trinajstić information content (AvgIpc) is 2.34. The molecule has 1 N–H and O–H groups in total. The monoisotopic (exact) mass is 301 g/mol. The summed E-state index contributed by atoms with van der Waals surface area (Å²) < 4.78 is 36.6. The Hall–Kier alpha value is -0.980. The van der Waals surface area contributed by atoms with Crippen LogP contribution in [0.3, 0.4) is 0 Å². The number of rotatable bonds is 3. The lowest BCUT2D eigenvalue weighted by Crippen LogP contribution is -2.53. The highest BCUT2D eigenvalue weighted by Gasteiger charge is 2.40. The van der Waals surface area contributed by atoms with Crippen LogP contribution in [-0.2, 0) is 9.84 Å². The van der Waals surface area contributed by atoms with Crippen LogP contribution in [0.5, 0.6) is 0 Å². The topological polar surface area (TPSA) is 57.6 Å². The van der Waals surface area contributed by atoms with Gasteiger partial charge in [0.25, 0.3) is 0 Å². The summed E-state index contributed by atoms with van der Waals surface area (Å²) in [7, 11) is -3.10. The molecule has 0 aromatic heterocycles. The molecule has 6 heteroatoms. The molecule has 1 unspecified atom stereocenters. The van der Waals surface area contributed by atoms with Crippen molar-refractivity contribution in [3.8, 4) is 0 Å². The first kappa shape index (κ1) is 15.4. The van der Waals surface area contributed by atoms with E-state index in [2.05, 4.69) is 0 Å². The van der Waals surface area contributed by atoms with E-state index >= 15 is 0 Å². The van der Waals surface area contributed by atoms with Crippen LogP contribution in [0.1, 0.15) is 25.5 Å². The molecule has 0 aliphatic carbocycles. The molecule has 0 saturated carbocycles. The van der Waals surface area contributed by atoms with E-state index < -0.39 is 26.5 Å². The van der Waals surface area contributed by atoms with E-state index in [1.54, 1.807) is 32.0 Å². The molecular formula is C14H20FNO3S. The number of aliphatic hydroxyl groups is 1. The van der Waals surface area contributed by atoms with Crippen LogP contribution in [0, 0.1) is 5.82 Å². The predicted molar refractivity (Wildman–Crippen MR) is 75.7 cm³/mol. The van der Waals surface area contributed by atoms with Crippen LogP contribution >= 0.6 is 0 Å². The first-order chi connectivity index (χ1) is 9.23. The van der Waals surface area contributed by atoms with Crippen LogP contribution in [0.15, 0.2) is 24.3 Å². The van der Waals surface area contributed by atoms with E-state index in [0.29, 0.717) is 13.1 Å². The minimum absolute atomic E-state index is 0.0734. The van der Waals surface area contributed by atoms with Crippen molar-refractivity contribution in [2.45, 2.75) is 24.7 Å². The first-order valence-electron chi connectivity index (χ1n) is 6.60. The van der Waals surface area contributed by atoms with Crippen molar-refractivity contribution in [3.05, 3.63) is 35.6 Å². The molecule has 0 amide bonds. The lowest BCUT2D eigenvalue weighted by molar-refractivity contribution is 0.105. The molecule has 1 heterocycles. The highest BCUT2D eigenvalue weighted by molar-refractivity contribution is 7.92. The van der Waals surface area contributed by atoms with E-state index in [4.69, 9.17) is 0 Å². The third-order valence-electron chi connectivity index (χ3n) is 3.82. The SMILES string of the molecule is CC1(C)CN(CC(O)c2ccccc2F)CCS1(=O)=O. The fourth-order valence-electron chi connectivity index (χ4n) is 2.49. The molecular weight excluding hydrogens is 281 g/mol. The van der Waals surface area contributed by atoms with Gasteiger partial charge >= 0.3 is 0 Å². The summed E-state index contributed by atoms with van der Waals surface area (Å²) in [5.74, 6) is -0.367. The van der Waals surface area contributed by atoms with Gasteiger partial charge in [-0.25, -0.2) is 12.8 Å². The van der Waals surface area contributed by atoms with Crippen molar-refractivity contribution in [2.75, 3.05) is 25.4 Å². The summed E-state index contributed by atoms with van der Waals surface area (Å²) in [5, 5.41) is 10.1. The Bertz CT molecular complexity index is 586. The molecule has 4 nitrogen and oxygen atoms in total. The highest BCUT2D eigenvalue weighted by Crippen LogP contribution is 2.26. The second-order valence-corrected chi connectivity index (χ2v) is 8.59. The van der Waals surface area contributed by atoms with Crippen molar-refractivity contribution in [1.29, 1.82) is 0 Å². The van der Waals surface area contributed by atoms with Gasteiger partial charge in [0, 0.05) is 25.2 Å². The Morgan fingerprint density at radius 1 is 1.40 bits per heavy atom. The molecule has 1 aliphatic rings. The van der Waals surface area contributed by atoms with Crippen molar-refractivity contribution in [1.82, 2.24) is 4.90 Å². The van der Waals surface area contributed by atoms with Crippen molar-refractivity contribution in [2.24, 2.45) is 0 Å². The number of benzene rings is 1. The fraction of sp³-hybridized carbons (Fsp3) is 0.571. The van der Waals surface area contributed by atoms with Gasteiger partial charge < -0.3 is 5.11 Å². The number of sulfone groups is 1. The van der Waals surface area contributed by atoms with Gasteiger partial charge in [0.15, 0.2) is 9.84 Å². The number of halogens is 1. The number of aliphatic hydroxyl groups excluding tert-OH is 1. The Kier molecular flexibility index (Phi) is 4.18. The largest absolute Gasteiger partial charge is 0.387 e. The maximum atomic E-state index is 13.6. The summed E-state index contributed by atoms with van der Waals surface area (Å²) in [6.07, 6.45) is -0.951. The van der Waals surface area contributed by atoms with E-state index in [-0.39, 0.29) is 17.9 Å². The third kappa shape index (κ3) is 3.02. The van der Waals surface area contributed by atoms with Crippen LogP contribution in [0.2, 0.25) is 0 Å². The van der Waals surface area contributed by atoms with Gasteiger partial charge in [0.05, 0.1) is 16.6 Å². The molecule has 0 bridgehead atoms. The molecule has 1 saturated heterocycles. The molecule has 1 aromatic carbocycles. The van der Waals surface area contributed by atoms with Gasteiger partial charge in [-0.2, -0.15) is 0 Å². The summed E-state index contributed by atoms with van der Waals surface area (Å²) in [6.45, 7) is 4.33. The number of hydrogen-bond donors (Lipinski definition) is 1. The third-order valence-corrected chi connectivity index (χ3v) is 6.35. The lowest BCUT2D eigenvalue weighted by atomic mass is 10.1. The van der Waals surface area contributed by atoms with E-state index in [1.807, 2.05) is 4.90 Å². The molecule has 1 aliphatic heterocycles. The molecule has 0 radical (unpaired) electrons. The second kappa shape index (κ2) is 5.42. The summed E-state index contributed by atoms with van der Waals surface area (Å²) in [4.78, 5) is 1.87. The standard InChI is InChI=1S/C14H20FNO3S/c1-14(2)10-16(7-8-20(14,18)19)9-13(17)11-5-3-4-6-12(11)15/h3-6,13,17H,7-10H2,1-2H3. The Morgan fingerprint density at radius 3 is 2.65 bits per heavy atom. The zero-order valence-electron chi connectivity index (χ0n) is 11.7. The van der Waals surface area contributed by atoms with Gasteiger partial charge in [-0.15, -0.1) is 0 Å². The smallest absolute Gasteiger partial charge is 0.157 e. The number of nitrogens with zero attached hydrogens (tertiary/aromatic N) is 1. The van der Waals surface area contributed by atoms with Crippen molar-refractivity contribution >= 4 is 9.84 Å². The molecule has 0 spiro atoms. The van der Waals surface area contributed by atoms with Crippen molar-refractivity contribution < 1.29 is 17.9 Å². The van der Waals surface area contributed by atoms with Gasteiger partial charge in [0.2, 0.25) is 0 Å². The maximum Gasteiger partial charge on any atom is 0.157 e. The summed E-state index contributed by atoms with van der Waals surface area (Å²) in [6, 6.07) is 6.10. The van der Waals surface area contributed by atoms with E-state index in [0.717, 1.165) is 0 Å². The zero-order chi connectivity index (χ0) is 15.0.